The van der Waals surface area contributed by atoms with E-state index in [2.05, 4.69) is 19.5 Å². The molecule has 0 spiro atoms. The van der Waals surface area contributed by atoms with Gasteiger partial charge in [-0.1, -0.05) is 0 Å². The third kappa shape index (κ3) is 2.84. The van der Waals surface area contributed by atoms with Gasteiger partial charge in [0, 0.05) is 31.9 Å². The van der Waals surface area contributed by atoms with Crippen molar-refractivity contribution in [3.05, 3.63) is 23.5 Å². The fraction of sp³-hybridized carbons (Fsp3) is 0.364. The van der Waals surface area contributed by atoms with Crippen LogP contribution in [0, 0.1) is 0 Å². The number of rotatable bonds is 5. The minimum atomic E-state index is -0.478. The minimum Gasteiger partial charge on any atom is -0.465 e. The van der Waals surface area contributed by atoms with Crippen LogP contribution in [0.4, 0.5) is 10.8 Å². The van der Waals surface area contributed by atoms with Gasteiger partial charge in [-0.15, -0.1) is 0 Å². The van der Waals surface area contributed by atoms with Crippen molar-refractivity contribution < 1.29 is 9.53 Å². The minimum absolute atomic E-state index is 0.194. The molecule has 19 heavy (non-hydrogen) atoms. The van der Waals surface area contributed by atoms with Crippen molar-refractivity contribution in [3.8, 4) is 0 Å². The Bertz CT molecular complexity index is 577. The first kappa shape index (κ1) is 13.3. The Morgan fingerprint density at radius 2 is 2.42 bits per heavy atom. The summed E-state index contributed by atoms with van der Waals surface area (Å²) in [5.74, 6) is -0.283. The van der Waals surface area contributed by atoms with E-state index in [0.29, 0.717) is 17.1 Å². The van der Waals surface area contributed by atoms with E-state index >= 15 is 0 Å². The van der Waals surface area contributed by atoms with Gasteiger partial charge in [0.1, 0.15) is 10.6 Å². The number of aryl methyl sites for hydroxylation is 1. The molecule has 2 rings (SSSR count). The second-order valence-corrected chi connectivity index (χ2v) is 4.66. The molecular formula is C11H15N5O2S. The molecule has 7 nitrogen and oxygen atoms in total. The molecular weight excluding hydrogens is 266 g/mol. The van der Waals surface area contributed by atoms with E-state index in [1.807, 2.05) is 17.8 Å². The average molecular weight is 281 g/mol. The lowest BCUT2D eigenvalue weighted by Crippen LogP contribution is -2.11. The maximum atomic E-state index is 11.6. The topological polar surface area (TPSA) is 95.1 Å². The van der Waals surface area contributed by atoms with Crippen LogP contribution < -0.4 is 11.1 Å². The van der Waals surface area contributed by atoms with E-state index < -0.39 is 5.97 Å². The number of carbonyl (C=O) groups excluding carboxylic acids is 1. The predicted molar refractivity (Wildman–Crippen MR) is 73.3 cm³/mol. The molecule has 102 valence electrons. The number of nitrogens with one attached hydrogen (secondary N) is 1. The first-order valence-corrected chi connectivity index (χ1v) is 6.45. The van der Waals surface area contributed by atoms with Crippen LogP contribution in [-0.4, -0.2) is 33.8 Å². The summed E-state index contributed by atoms with van der Waals surface area (Å²) in [5.41, 5.74) is 7.06. The summed E-state index contributed by atoms with van der Waals surface area (Å²) in [7, 11) is 3.21. The summed E-state index contributed by atoms with van der Waals surface area (Å²) in [4.78, 5) is 11.6. The number of nitrogens with zero attached hydrogens (tertiary/aromatic N) is 3. The van der Waals surface area contributed by atoms with Crippen LogP contribution in [0.3, 0.4) is 0 Å². The molecule has 0 aromatic carbocycles. The zero-order valence-corrected chi connectivity index (χ0v) is 11.5. The third-order valence-electron chi connectivity index (χ3n) is 2.70. The van der Waals surface area contributed by atoms with Crippen molar-refractivity contribution >= 4 is 28.3 Å². The highest BCUT2D eigenvalue weighted by Gasteiger charge is 2.19. The lowest BCUT2D eigenvalue weighted by atomic mass is 10.3. The summed E-state index contributed by atoms with van der Waals surface area (Å²) in [6, 6.07) is 1.95. The highest BCUT2D eigenvalue weighted by Crippen LogP contribution is 2.27. The first-order valence-electron chi connectivity index (χ1n) is 5.67. The molecule has 0 aliphatic rings. The summed E-state index contributed by atoms with van der Waals surface area (Å²) in [6.45, 7) is 0.658. The number of ether oxygens (including phenoxy) is 1. The molecule has 3 N–H and O–H groups in total. The Hall–Kier alpha value is -2.09. The van der Waals surface area contributed by atoms with Crippen molar-refractivity contribution in [1.29, 1.82) is 0 Å². The molecule has 0 aliphatic carbocycles. The van der Waals surface area contributed by atoms with E-state index in [4.69, 9.17) is 5.73 Å². The number of hydrogen-bond acceptors (Lipinski definition) is 7. The van der Waals surface area contributed by atoms with Gasteiger partial charge in [0.2, 0.25) is 0 Å². The SMILES string of the molecule is COC(=O)c1c(N)nsc1NCCc1ccnn1C. The summed E-state index contributed by atoms with van der Waals surface area (Å²) in [5, 5.41) is 7.87. The summed E-state index contributed by atoms with van der Waals surface area (Å²) in [6.07, 6.45) is 2.54. The Morgan fingerprint density at radius 3 is 3.05 bits per heavy atom. The smallest absolute Gasteiger partial charge is 0.344 e. The fourth-order valence-corrected chi connectivity index (χ4v) is 2.40. The molecule has 2 heterocycles. The molecule has 2 aromatic heterocycles. The van der Waals surface area contributed by atoms with Gasteiger partial charge in [0.15, 0.2) is 5.82 Å². The summed E-state index contributed by atoms with van der Waals surface area (Å²) >= 11 is 1.15. The second-order valence-electron chi connectivity index (χ2n) is 3.89. The molecule has 2 aromatic rings. The van der Waals surface area contributed by atoms with Gasteiger partial charge < -0.3 is 15.8 Å². The van der Waals surface area contributed by atoms with Crippen molar-refractivity contribution in [1.82, 2.24) is 14.2 Å². The zero-order valence-electron chi connectivity index (χ0n) is 10.7. The van der Waals surface area contributed by atoms with Crippen LogP contribution in [0.15, 0.2) is 12.3 Å². The van der Waals surface area contributed by atoms with Crippen LogP contribution in [0.25, 0.3) is 0 Å². The Labute approximate surface area is 114 Å². The summed E-state index contributed by atoms with van der Waals surface area (Å²) < 4.78 is 10.4. The van der Waals surface area contributed by atoms with Crippen LogP contribution in [0.5, 0.6) is 0 Å². The van der Waals surface area contributed by atoms with Crippen LogP contribution in [0.2, 0.25) is 0 Å². The largest absolute Gasteiger partial charge is 0.465 e. The van der Waals surface area contributed by atoms with Crippen molar-refractivity contribution in [2.75, 3.05) is 24.7 Å². The number of methoxy groups -OCH3 is 1. The number of esters is 1. The monoisotopic (exact) mass is 281 g/mol. The quantitative estimate of drug-likeness (QED) is 0.791. The Morgan fingerprint density at radius 1 is 1.63 bits per heavy atom. The normalized spacial score (nSPS) is 10.4. The van der Waals surface area contributed by atoms with Crippen molar-refractivity contribution in [3.63, 3.8) is 0 Å². The molecule has 0 unspecified atom stereocenters. The maximum absolute atomic E-state index is 11.6. The van der Waals surface area contributed by atoms with Gasteiger partial charge in [0.05, 0.1) is 7.11 Å². The highest BCUT2D eigenvalue weighted by atomic mass is 32.1. The zero-order chi connectivity index (χ0) is 13.8. The number of nitrogen functional groups attached to an aromatic ring is 1. The molecule has 8 heteroatoms. The van der Waals surface area contributed by atoms with Crippen molar-refractivity contribution in [2.45, 2.75) is 6.42 Å². The van der Waals surface area contributed by atoms with Crippen molar-refractivity contribution in [2.24, 2.45) is 7.05 Å². The average Bonchev–Trinajstić information content (AvgIpc) is 2.96. The van der Waals surface area contributed by atoms with Gasteiger partial charge in [0.25, 0.3) is 0 Å². The van der Waals surface area contributed by atoms with E-state index in [9.17, 15) is 4.79 Å². The standard InChI is InChI=1S/C11H15N5O2S/c1-16-7(4-6-14-16)3-5-13-10-8(11(17)18-2)9(12)15-19-10/h4,6,13H,3,5H2,1-2H3,(H2,12,15). The molecule has 0 atom stereocenters. The van der Waals surface area contributed by atoms with Gasteiger partial charge in [-0.25, -0.2) is 4.79 Å². The van der Waals surface area contributed by atoms with E-state index in [1.54, 1.807) is 6.20 Å². The van der Waals surface area contributed by atoms with Crippen LogP contribution in [-0.2, 0) is 18.2 Å². The van der Waals surface area contributed by atoms with Crippen LogP contribution >= 0.6 is 11.5 Å². The Balaban J connectivity index is 2.00. The van der Waals surface area contributed by atoms with E-state index in [0.717, 1.165) is 23.6 Å². The van der Waals surface area contributed by atoms with Gasteiger partial charge in [-0.2, -0.15) is 9.47 Å². The lowest BCUT2D eigenvalue weighted by Gasteiger charge is -2.06. The van der Waals surface area contributed by atoms with E-state index in [1.165, 1.54) is 7.11 Å². The molecule has 0 aliphatic heterocycles. The first-order chi connectivity index (χ1) is 9.13. The van der Waals surface area contributed by atoms with Gasteiger partial charge in [-0.3, -0.25) is 4.68 Å². The molecule has 0 radical (unpaired) electrons. The van der Waals surface area contributed by atoms with Gasteiger partial charge in [-0.05, 0) is 17.6 Å². The number of carbonyl (C=O) groups is 1. The van der Waals surface area contributed by atoms with Gasteiger partial charge >= 0.3 is 5.97 Å². The molecule has 0 saturated carbocycles. The molecule has 0 saturated heterocycles. The third-order valence-corrected chi connectivity index (χ3v) is 3.52. The predicted octanol–water partition coefficient (Wildman–Crippen LogP) is 0.900. The number of nitrogens with two attached hydrogens (primary N) is 1. The molecule has 0 fully saturated rings. The highest BCUT2D eigenvalue weighted by molar-refractivity contribution is 7.11. The van der Waals surface area contributed by atoms with E-state index in [-0.39, 0.29) is 5.82 Å². The number of anilines is 2. The fourth-order valence-electron chi connectivity index (χ4n) is 1.67. The molecule has 0 bridgehead atoms. The second kappa shape index (κ2) is 5.70. The maximum Gasteiger partial charge on any atom is 0.344 e. The van der Waals surface area contributed by atoms with Crippen LogP contribution in [0.1, 0.15) is 16.1 Å². The number of aromatic nitrogens is 3. The molecule has 0 amide bonds. The lowest BCUT2D eigenvalue weighted by molar-refractivity contribution is 0.0603. The number of hydrogen-bond donors (Lipinski definition) is 2. The Kier molecular flexibility index (Phi) is 4.00.